The second-order valence-corrected chi connectivity index (χ2v) is 7.30. The van der Waals surface area contributed by atoms with Gasteiger partial charge in [0.25, 0.3) is 0 Å². The number of fused-ring (bicyclic) bond motifs is 1. The van der Waals surface area contributed by atoms with E-state index in [9.17, 15) is 9.59 Å². The molecule has 0 radical (unpaired) electrons. The van der Waals surface area contributed by atoms with Gasteiger partial charge in [0.1, 0.15) is 0 Å². The number of amides is 2. The zero-order valence-electron chi connectivity index (χ0n) is 14.6. The maximum atomic E-state index is 13.1. The molecule has 0 spiro atoms. The van der Waals surface area contributed by atoms with E-state index in [-0.39, 0.29) is 23.8 Å². The summed E-state index contributed by atoms with van der Waals surface area (Å²) in [6, 6.07) is 15.2. The molecule has 1 aliphatic carbocycles. The fourth-order valence-corrected chi connectivity index (χ4v) is 3.82. The lowest BCUT2D eigenvalue weighted by atomic mass is 9.95. The molecule has 4 heteroatoms. The van der Waals surface area contributed by atoms with Crippen molar-refractivity contribution in [3.05, 3.63) is 48.0 Å². The summed E-state index contributed by atoms with van der Waals surface area (Å²) < 4.78 is 0. The number of carbonyl (C=O) groups is 2. The topological polar surface area (TPSA) is 49.4 Å². The molecule has 1 N–H and O–H groups in total. The number of hydrogen-bond donors (Lipinski definition) is 1. The Kier molecular flexibility index (Phi) is 4.20. The van der Waals surface area contributed by atoms with Gasteiger partial charge in [-0.1, -0.05) is 36.4 Å². The van der Waals surface area contributed by atoms with Gasteiger partial charge in [-0.15, -0.1) is 0 Å². The zero-order chi connectivity index (χ0) is 17.4. The molecule has 2 aliphatic rings. The average Bonchev–Trinajstić information content (AvgIpc) is 3.47. The Hall–Kier alpha value is -2.36. The predicted octanol–water partition coefficient (Wildman–Crippen LogP) is 3.42. The van der Waals surface area contributed by atoms with E-state index in [4.69, 9.17) is 0 Å². The average molecular weight is 336 g/mol. The van der Waals surface area contributed by atoms with Crippen LogP contribution in [0.15, 0.2) is 42.5 Å². The lowest BCUT2D eigenvalue weighted by Gasteiger charge is -2.34. The molecule has 4 nitrogen and oxygen atoms in total. The number of benzene rings is 2. The lowest BCUT2D eigenvalue weighted by molar-refractivity contribution is -0.140. The van der Waals surface area contributed by atoms with Gasteiger partial charge >= 0.3 is 0 Å². The Morgan fingerprint density at radius 3 is 2.56 bits per heavy atom. The molecule has 25 heavy (non-hydrogen) atoms. The Balaban J connectivity index is 1.58. The van der Waals surface area contributed by atoms with Gasteiger partial charge in [-0.2, -0.15) is 0 Å². The summed E-state index contributed by atoms with van der Waals surface area (Å²) in [5, 5.41) is 5.27. The Morgan fingerprint density at radius 1 is 1.12 bits per heavy atom. The highest BCUT2D eigenvalue weighted by atomic mass is 16.2. The van der Waals surface area contributed by atoms with Crippen LogP contribution in [0.3, 0.4) is 0 Å². The number of hydrogen-bond acceptors (Lipinski definition) is 2. The van der Waals surface area contributed by atoms with Gasteiger partial charge in [0, 0.05) is 19.0 Å². The molecule has 2 aromatic carbocycles. The minimum absolute atomic E-state index is 0.0576. The molecule has 0 unspecified atom stereocenters. The molecule has 2 fully saturated rings. The van der Waals surface area contributed by atoms with E-state index in [2.05, 4.69) is 47.5 Å². The van der Waals surface area contributed by atoms with Crippen LogP contribution in [0.4, 0.5) is 0 Å². The normalized spacial score (nSPS) is 21.6. The zero-order valence-corrected chi connectivity index (χ0v) is 14.6. The highest BCUT2D eigenvalue weighted by Gasteiger charge is 2.39. The van der Waals surface area contributed by atoms with E-state index >= 15 is 0 Å². The first kappa shape index (κ1) is 16.1. The summed E-state index contributed by atoms with van der Waals surface area (Å²) in [7, 11) is 0. The van der Waals surface area contributed by atoms with Crippen molar-refractivity contribution in [1.82, 2.24) is 10.2 Å². The van der Waals surface area contributed by atoms with E-state index in [0.29, 0.717) is 25.4 Å². The SMILES string of the molecule is C[C@H](c1ccc2ccccc2c1)N(C(=O)[C@@H]1CCC(=O)NC1)C1CC1. The Morgan fingerprint density at radius 2 is 1.88 bits per heavy atom. The molecular weight excluding hydrogens is 312 g/mol. The first-order valence-electron chi connectivity index (χ1n) is 9.21. The number of nitrogens with one attached hydrogen (secondary N) is 1. The fraction of sp³-hybridized carbons (Fsp3) is 0.429. The number of rotatable bonds is 4. The summed E-state index contributed by atoms with van der Waals surface area (Å²) in [6.07, 6.45) is 3.29. The molecule has 130 valence electrons. The largest absolute Gasteiger partial charge is 0.355 e. The smallest absolute Gasteiger partial charge is 0.228 e. The van der Waals surface area contributed by atoms with Crippen molar-refractivity contribution in [2.24, 2.45) is 5.92 Å². The van der Waals surface area contributed by atoms with Gasteiger partial charge in [-0.25, -0.2) is 0 Å². The summed E-state index contributed by atoms with van der Waals surface area (Å²) in [6.45, 7) is 2.60. The van der Waals surface area contributed by atoms with E-state index in [0.717, 1.165) is 12.8 Å². The third-order valence-corrected chi connectivity index (χ3v) is 5.48. The molecule has 4 rings (SSSR count). The van der Waals surface area contributed by atoms with Gasteiger partial charge in [-0.05, 0) is 48.6 Å². The molecule has 2 aromatic rings. The monoisotopic (exact) mass is 336 g/mol. The van der Waals surface area contributed by atoms with Gasteiger partial charge in [-0.3, -0.25) is 9.59 Å². The van der Waals surface area contributed by atoms with Crippen LogP contribution in [0.2, 0.25) is 0 Å². The lowest BCUT2D eigenvalue weighted by Crippen LogP contribution is -2.46. The molecule has 1 heterocycles. The summed E-state index contributed by atoms with van der Waals surface area (Å²) in [4.78, 5) is 26.6. The molecule has 1 saturated heterocycles. The minimum atomic E-state index is -0.0822. The van der Waals surface area contributed by atoms with Crippen molar-refractivity contribution in [1.29, 1.82) is 0 Å². The predicted molar refractivity (Wildman–Crippen MR) is 98.0 cm³/mol. The second-order valence-electron chi connectivity index (χ2n) is 7.30. The number of carbonyl (C=O) groups excluding carboxylic acids is 2. The van der Waals surface area contributed by atoms with Gasteiger partial charge in [0.2, 0.25) is 11.8 Å². The number of nitrogens with zero attached hydrogens (tertiary/aromatic N) is 1. The molecule has 2 atom stereocenters. The minimum Gasteiger partial charge on any atom is -0.355 e. The number of piperidine rings is 1. The van der Waals surface area contributed by atoms with Crippen molar-refractivity contribution >= 4 is 22.6 Å². The van der Waals surface area contributed by atoms with Gasteiger partial charge in [0.15, 0.2) is 0 Å². The van der Waals surface area contributed by atoms with Crippen LogP contribution in [-0.2, 0) is 9.59 Å². The maximum Gasteiger partial charge on any atom is 0.228 e. The van der Waals surface area contributed by atoms with Crippen LogP contribution in [0.25, 0.3) is 10.8 Å². The van der Waals surface area contributed by atoms with Crippen LogP contribution in [-0.4, -0.2) is 29.3 Å². The summed E-state index contributed by atoms with van der Waals surface area (Å²) in [5.74, 6) is 0.175. The van der Waals surface area contributed by atoms with E-state index in [1.165, 1.54) is 16.3 Å². The van der Waals surface area contributed by atoms with Crippen molar-refractivity contribution in [3.63, 3.8) is 0 Å². The van der Waals surface area contributed by atoms with E-state index < -0.39 is 0 Å². The van der Waals surface area contributed by atoms with Crippen LogP contribution in [0, 0.1) is 5.92 Å². The van der Waals surface area contributed by atoms with Crippen LogP contribution < -0.4 is 5.32 Å². The first-order valence-corrected chi connectivity index (χ1v) is 9.21. The maximum absolute atomic E-state index is 13.1. The molecule has 0 aromatic heterocycles. The van der Waals surface area contributed by atoms with Crippen molar-refractivity contribution in [3.8, 4) is 0 Å². The molecular formula is C21H24N2O2. The Bertz CT molecular complexity index is 802. The van der Waals surface area contributed by atoms with Crippen LogP contribution >= 0.6 is 0 Å². The summed E-state index contributed by atoms with van der Waals surface area (Å²) in [5.41, 5.74) is 1.18. The second kappa shape index (κ2) is 6.51. The van der Waals surface area contributed by atoms with Crippen molar-refractivity contribution in [2.45, 2.75) is 44.7 Å². The van der Waals surface area contributed by atoms with Crippen LogP contribution in [0.1, 0.15) is 44.2 Å². The quantitative estimate of drug-likeness (QED) is 0.930. The van der Waals surface area contributed by atoms with Gasteiger partial charge < -0.3 is 10.2 Å². The van der Waals surface area contributed by atoms with Crippen LogP contribution in [0.5, 0.6) is 0 Å². The van der Waals surface area contributed by atoms with E-state index in [1.54, 1.807) is 0 Å². The highest BCUT2D eigenvalue weighted by Crippen LogP contribution is 2.37. The van der Waals surface area contributed by atoms with Crippen molar-refractivity contribution < 1.29 is 9.59 Å². The van der Waals surface area contributed by atoms with Gasteiger partial charge in [0.05, 0.1) is 12.0 Å². The van der Waals surface area contributed by atoms with Crippen molar-refractivity contribution in [2.75, 3.05) is 6.54 Å². The first-order chi connectivity index (χ1) is 12.1. The molecule has 1 saturated carbocycles. The standard InChI is InChI=1S/C21H24N2O2/c1-14(16-7-6-15-4-2-3-5-17(15)12-16)23(19-9-10-19)21(25)18-8-11-20(24)22-13-18/h2-7,12,14,18-19H,8-11,13H2,1H3,(H,22,24)/t14-,18-/m1/s1. The van der Waals surface area contributed by atoms with E-state index in [1.807, 2.05) is 12.1 Å². The fourth-order valence-electron chi connectivity index (χ4n) is 3.82. The summed E-state index contributed by atoms with van der Waals surface area (Å²) >= 11 is 0. The molecule has 1 aliphatic heterocycles. The molecule has 2 amide bonds. The Labute approximate surface area is 148 Å². The highest BCUT2D eigenvalue weighted by molar-refractivity contribution is 5.85. The third kappa shape index (κ3) is 3.26. The third-order valence-electron chi connectivity index (χ3n) is 5.48. The molecule has 0 bridgehead atoms.